The van der Waals surface area contributed by atoms with Crippen LogP contribution in [0.5, 0.6) is 0 Å². The molecule has 1 aliphatic heterocycles. The maximum absolute atomic E-state index is 11.8. The predicted molar refractivity (Wildman–Crippen MR) is 61.4 cm³/mol. The molecule has 5 nitrogen and oxygen atoms in total. The number of benzene rings is 1. The van der Waals surface area contributed by atoms with Crippen molar-refractivity contribution in [1.82, 2.24) is 10.6 Å². The third-order valence-electron chi connectivity index (χ3n) is 2.77. The quantitative estimate of drug-likeness (QED) is 0.753. The largest absolute Gasteiger partial charge is 0.453 e. The minimum absolute atomic E-state index is 0.208. The minimum atomic E-state index is -0.679. The van der Waals surface area contributed by atoms with Crippen molar-refractivity contribution in [3.63, 3.8) is 0 Å². The summed E-state index contributed by atoms with van der Waals surface area (Å²) >= 11 is 0. The maximum Gasteiger partial charge on any atom is 0.407 e. The number of rotatable bonds is 1. The highest BCUT2D eigenvalue weighted by Crippen LogP contribution is 2.21. The van der Waals surface area contributed by atoms with Gasteiger partial charge in [0.05, 0.1) is 7.11 Å². The number of nitrogens with one attached hydrogen (secondary N) is 2. The molecule has 1 aromatic rings. The number of hydrogen-bond donors (Lipinski definition) is 2. The molecule has 1 heterocycles. The van der Waals surface area contributed by atoms with Gasteiger partial charge in [0.25, 0.3) is 0 Å². The number of carbonyl (C=O) groups is 2. The van der Waals surface area contributed by atoms with E-state index in [4.69, 9.17) is 0 Å². The van der Waals surface area contributed by atoms with Crippen LogP contribution in [-0.4, -0.2) is 25.7 Å². The lowest BCUT2D eigenvalue weighted by atomic mass is 9.99. The van der Waals surface area contributed by atoms with Gasteiger partial charge in [0.1, 0.15) is 6.04 Å². The van der Waals surface area contributed by atoms with Crippen LogP contribution in [0.15, 0.2) is 24.3 Å². The van der Waals surface area contributed by atoms with Crippen molar-refractivity contribution < 1.29 is 14.3 Å². The van der Waals surface area contributed by atoms with Crippen molar-refractivity contribution >= 4 is 12.0 Å². The highest BCUT2D eigenvalue weighted by atomic mass is 16.5. The van der Waals surface area contributed by atoms with Crippen LogP contribution in [0.4, 0.5) is 4.79 Å². The first-order valence-electron chi connectivity index (χ1n) is 5.42. The maximum atomic E-state index is 11.8. The van der Waals surface area contributed by atoms with Crippen molar-refractivity contribution in [3.05, 3.63) is 35.4 Å². The van der Waals surface area contributed by atoms with E-state index in [1.807, 2.05) is 24.3 Å². The van der Waals surface area contributed by atoms with Gasteiger partial charge in [0, 0.05) is 6.54 Å². The normalized spacial score (nSPS) is 18.6. The highest BCUT2D eigenvalue weighted by Gasteiger charge is 2.27. The lowest BCUT2D eigenvalue weighted by Crippen LogP contribution is -2.39. The van der Waals surface area contributed by atoms with Crippen molar-refractivity contribution in [3.8, 4) is 0 Å². The molecule has 1 atom stereocenters. The van der Waals surface area contributed by atoms with Crippen LogP contribution < -0.4 is 10.6 Å². The Labute approximate surface area is 99.2 Å². The van der Waals surface area contributed by atoms with E-state index in [9.17, 15) is 9.59 Å². The Morgan fingerprint density at radius 2 is 2.24 bits per heavy atom. The Morgan fingerprint density at radius 1 is 1.47 bits per heavy atom. The van der Waals surface area contributed by atoms with Crippen LogP contribution in [0.1, 0.15) is 17.2 Å². The van der Waals surface area contributed by atoms with Crippen LogP contribution in [-0.2, 0) is 16.0 Å². The molecule has 90 valence electrons. The number of carbonyl (C=O) groups excluding carboxylic acids is 2. The van der Waals surface area contributed by atoms with Gasteiger partial charge in [0.2, 0.25) is 5.91 Å². The van der Waals surface area contributed by atoms with Crippen molar-refractivity contribution in [2.24, 2.45) is 0 Å². The molecule has 0 saturated heterocycles. The number of alkyl carbamates (subject to hydrolysis) is 1. The molecule has 1 aromatic carbocycles. The fraction of sp³-hybridized carbons (Fsp3) is 0.333. The van der Waals surface area contributed by atoms with Gasteiger partial charge in [-0.15, -0.1) is 0 Å². The second-order valence-corrected chi connectivity index (χ2v) is 3.81. The van der Waals surface area contributed by atoms with Crippen LogP contribution in [0.25, 0.3) is 0 Å². The first kappa shape index (κ1) is 11.4. The highest BCUT2D eigenvalue weighted by molar-refractivity contribution is 5.87. The van der Waals surface area contributed by atoms with Crippen molar-refractivity contribution in [2.75, 3.05) is 13.7 Å². The molecule has 0 radical (unpaired) electrons. The summed E-state index contributed by atoms with van der Waals surface area (Å²) in [5.41, 5.74) is 1.89. The smallest absolute Gasteiger partial charge is 0.407 e. The average molecular weight is 234 g/mol. The summed E-state index contributed by atoms with van der Waals surface area (Å²) in [5.74, 6) is -0.208. The molecule has 2 amide bonds. The summed E-state index contributed by atoms with van der Waals surface area (Å²) in [6.07, 6.45) is 0.156. The molecule has 0 aromatic heterocycles. The number of hydrogen-bond acceptors (Lipinski definition) is 3. The molecule has 0 fully saturated rings. The summed E-state index contributed by atoms with van der Waals surface area (Å²) in [7, 11) is 1.27. The second kappa shape index (κ2) is 4.86. The second-order valence-electron chi connectivity index (χ2n) is 3.81. The molecule has 0 saturated carbocycles. The first-order chi connectivity index (χ1) is 8.22. The molecule has 17 heavy (non-hydrogen) atoms. The van der Waals surface area contributed by atoms with Gasteiger partial charge in [0.15, 0.2) is 0 Å². The van der Waals surface area contributed by atoms with Crippen molar-refractivity contribution in [2.45, 2.75) is 12.5 Å². The van der Waals surface area contributed by atoms with Crippen LogP contribution >= 0.6 is 0 Å². The van der Waals surface area contributed by atoms with E-state index < -0.39 is 12.1 Å². The molecule has 5 heteroatoms. The molecular formula is C12H14N2O3. The van der Waals surface area contributed by atoms with E-state index >= 15 is 0 Å². The van der Waals surface area contributed by atoms with Crippen LogP contribution in [0, 0.1) is 0 Å². The SMILES string of the molecule is COC(=O)N[C@@H]1C(=O)NCCc2ccccc21. The molecule has 2 rings (SSSR count). The van der Waals surface area contributed by atoms with Gasteiger partial charge in [-0.1, -0.05) is 24.3 Å². The number of methoxy groups -OCH3 is 1. The van der Waals surface area contributed by atoms with Gasteiger partial charge in [-0.2, -0.15) is 0 Å². The summed E-state index contributed by atoms with van der Waals surface area (Å²) < 4.78 is 4.53. The number of amides is 2. The zero-order chi connectivity index (χ0) is 12.3. The summed E-state index contributed by atoms with van der Waals surface area (Å²) in [6.45, 7) is 0.579. The Hall–Kier alpha value is -2.04. The zero-order valence-electron chi connectivity index (χ0n) is 9.53. The molecular weight excluding hydrogens is 220 g/mol. The van der Waals surface area contributed by atoms with E-state index in [0.717, 1.165) is 17.5 Å². The molecule has 0 aliphatic carbocycles. The van der Waals surface area contributed by atoms with E-state index in [1.165, 1.54) is 7.11 Å². The molecule has 1 aliphatic rings. The predicted octanol–water partition coefficient (Wildman–Crippen LogP) is 0.756. The number of fused-ring (bicyclic) bond motifs is 1. The standard InChI is InChI=1S/C12H14N2O3/c1-17-12(16)14-10-9-5-3-2-4-8(9)6-7-13-11(10)15/h2-5,10H,6-7H2,1H3,(H,13,15)(H,14,16)/t10-/m0/s1. The average Bonchev–Trinajstić information content (AvgIpc) is 2.50. The first-order valence-corrected chi connectivity index (χ1v) is 5.42. The number of ether oxygens (including phenoxy) is 1. The van der Waals surface area contributed by atoms with E-state index in [2.05, 4.69) is 15.4 Å². The molecule has 0 bridgehead atoms. The van der Waals surface area contributed by atoms with Gasteiger partial charge in [-0.25, -0.2) is 4.79 Å². The zero-order valence-corrected chi connectivity index (χ0v) is 9.53. The lowest BCUT2D eigenvalue weighted by molar-refractivity contribution is -0.122. The Kier molecular flexibility index (Phi) is 3.27. The Morgan fingerprint density at radius 3 is 3.00 bits per heavy atom. The van der Waals surface area contributed by atoms with Gasteiger partial charge >= 0.3 is 6.09 Å². The summed E-state index contributed by atoms with van der Waals surface area (Å²) in [5, 5.41) is 5.30. The van der Waals surface area contributed by atoms with Gasteiger partial charge < -0.3 is 15.4 Å². The molecule has 0 spiro atoms. The molecule has 0 unspecified atom stereocenters. The van der Waals surface area contributed by atoms with Crippen molar-refractivity contribution in [1.29, 1.82) is 0 Å². The topological polar surface area (TPSA) is 67.4 Å². The van der Waals surface area contributed by atoms with E-state index in [0.29, 0.717) is 6.54 Å². The monoisotopic (exact) mass is 234 g/mol. The van der Waals surface area contributed by atoms with E-state index in [1.54, 1.807) is 0 Å². The van der Waals surface area contributed by atoms with Crippen LogP contribution in [0.3, 0.4) is 0 Å². The Bertz CT molecular complexity index is 445. The summed E-state index contributed by atoms with van der Waals surface area (Å²) in [6, 6.07) is 6.90. The molecule has 2 N–H and O–H groups in total. The van der Waals surface area contributed by atoms with Gasteiger partial charge in [-0.05, 0) is 17.5 Å². The summed E-state index contributed by atoms with van der Waals surface area (Å²) in [4.78, 5) is 23.1. The van der Waals surface area contributed by atoms with Gasteiger partial charge in [-0.3, -0.25) is 4.79 Å². The minimum Gasteiger partial charge on any atom is -0.453 e. The van der Waals surface area contributed by atoms with E-state index in [-0.39, 0.29) is 5.91 Å². The third-order valence-corrected chi connectivity index (χ3v) is 2.77. The third kappa shape index (κ3) is 2.38. The fourth-order valence-corrected chi connectivity index (χ4v) is 1.93. The fourth-order valence-electron chi connectivity index (χ4n) is 1.93. The van der Waals surface area contributed by atoms with Crippen LogP contribution in [0.2, 0.25) is 0 Å². The Balaban J connectivity index is 2.33. The lowest BCUT2D eigenvalue weighted by Gasteiger charge is -2.16.